The number of benzene rings is 2. The molecule has 1 aromatic heterocycles. The zero-order valence-corrected chi connectivity index (χ0v) is 17.4. The van der Waals surface area contributed by atoms with Crippen molar-refractivity contribution in [2.24, 2.45) is 0 Å². The average Bonchev–Trinajstić information content (AvgIpc) is 2.75. The number of hydrogen-bond donors (Lipinski definition) is 4. The Balaban J connectivity index is 1.62. The third-order valence-electron chi connectivity index (χ3n) is 5.07. The van der Waals surface area contributed by atoms with E-state index in [1.165, 1.54) is 12.1 Å². The molecule has 1 aliphatic heterocycles. The van der Waals surface area contributed by atoms with Crippen molar-refractivity contribution >= 4 is 20.8 Å². The van der Waals surface area contributed by atoms with Crippen LogP contribution in [-0.2, 0) is 10.0 Å². The predicted molar refractivity (Wildman–Crippen MR) is 114 cm³/mol. The number of sulfonamides is 1. The van der Waals surface area contributed by atoms with Crippen molar-refractivity contribution in [3.8, 4) is 22.8 Å². The molecule has 0 fully saturated rings. The summed E-state index contributed by atoms with van der Waals surface area (Å²) >= 11 is 0. The standard InChI is InChI=1S/C20H22N4O6S/c25-10-8-24(9-11-26)7-6-21-31(28,29)13-4-5-16-15(12-13)19-18-14(20(27)23-22-19)2-1-3-17(18)30-16/h1-5,12,21,25-26H,6-11H2,(H,23,27). The van der Waals surface area contributed by atoms with Crippen LogP contribution in [0.5, 0.6) is 11.5 Å². The van der Waals surface area contributed by atoms with Gasteiger partial charge in [-0.15, -0.1) is 0 Å². The fourth-order valence-corrected chi connectivity index (χ4v) is 4.62. The minimum Gasteiger partial charge on any atom is -0.456 e. The van der Waals surface area contributed by atoms with E-state index in [4.69, 9.17) is 14.9 Å². The number of nitrogens with zero attached hydrogens (tertiary/aromatic N) is 2. The van der Waals surface area contributed by atoms with Gasteiger partial charge in [-0.3, -0.25) is 9.69 Å². The van der Waals surface area contributed by atoms with E-state index in [9.17, 15) is 13.2 Å². The molecule has 0 amide bonds. The molecule has 0 unspecified atom stereocenters. The van der Waals surface area contributed by atoms with Crippen LogP contribution in [0.2, 0.25) is 0 Å². The van der Waals surface area contributed by atoms with Crippen molar-refractivity contribution in [1.29, 1.82) is 0 Å². The first-order valence-electron chi connectivity index (χ1n) is 9.72. The van der Waals surface area contributed by atoms with Crippen LogP contribution in [0.15, 0.2) is 46.1 Å². The predicted octanol–water partition coefficient (Wildman–Crippen LogP) is 0.261. The molecule has 164 valence electrons. The number of aliphatic hydroxyl groups is 2. The molecule has 0 saturated carbocycles. The molecule has 0 atom stereocenters. The van der Waals surface area contributed by atoms with Crippen molar-refractivity contribution in [2.75, 3.05) is 39.4 Å². The normalized spacial score (nSPS) is 12.7. The maximum absolute atomic E-state index is 12.8. The Morgan fingerprint density at radius 3 is 2.58 bits per heavy atom. The minimum atomic E-state index is -3.83. The van der Waals surface area contributed by atoms with Crippen molar-refractivity contribution < 1.29 is 23.4 Å². The van der Waals surface area contributed by atoms with Gasteiger partial charge in [0, 0.05) is 31.7 Å². The molecular weight excluding hydrogens is 424 g/mol. The summed E-state index contributed by atoms with van der Waals surface area (Å²) in [5.41, 5.74) is 0.555. The Bertz CT molecular complexity index is 1270. The van der Waals surface area contributed by atoms with Crippen LogP contribution in [0.1, 0.15) is 0 Å². The van der Waals surface area contributed by atoms with Crippen molar-refractivity contribution in [3.63, 3.8) is 0 Å². The molecule has 3 aromatic rings. The zero-order valence-electron chi connectivity index (χ0n) is 16.5. The first-order valence-corrected chi connectivity index (χ1v) is 11.2. The molecule has 4 N–H and O–H groups in total. The highest BCUT2D eigenvalue weighted by Crippen LogP contribution is 2.44. The van der Waals surface area contributed by atoms with E-state index < -0.39 is 10.0 Å². The molecule has 0 saturated heterocycles. The van der Waals surface area contributed by atoms with Gasteiger partial charge in [-0.25, -0.2) is 18.2 Å². The summed E-state index contributed by atoms with van der Waals surface area (Å²) in [6.07, 6.45) is 0. The number of ether oxygens (including phenoxy) is 1. The van der Waals surface area contributed by atoms with E-state index in [0.29, 0.717) is 53.2 Å². The van der Waals surface area contributed by atoms with E-state index in [0.717, 1.165) is 0 Å². The second-order valence-corrected chi connectivity index (χ2v) is 8.79. The number of fused-ring (bicyclic) bond motifs is 2. The zero-order chi connectivity index (χ0) is 22.0. The van der Waals surface area contributed by atoms with E-state index in [1.807, 2.05) is 0 Å². The van der Waals surface area contributed by atoms with Crippen LogP contribution in [0.4, 0.5) is 0 Å². The number of hydrogen-bond acceptors (Lipinski definition) is 8. The molecule has 4 rings (SSSR count). The van der Waals surface area contributed by atoms with Crippen LogP contribution < -0.4 is 15.0 Å². The fourth-order valence-electron chi connectivity index (χ4n) is 3.58. The van der Waals surface area contributed by atoms with Gasteiger partial charge in [0.1, 0.15) is 17.2 Å². The first kappa shape index (κ1) is 21.4. The minimum absolute atomic E-state index is 0.0336. The number of nitrogens with one attached hydrogen (secondary N) is 2. The van der Waals surface area contributed by atoms with Gasteiger partial charge in [0.15, 0.2) is 0 Å². The third-order valence-corrected chi connectivity index (χ3v) is 6.52. The van der Waals surface area contributed by atoms with E-state index in [-0.39, 0.29) is 30.2 Å². The summed E-state index contributed by atoms with van der Waals surface area (Å²) in [6.45, 7) is 0.959. The van der Waals surface area contributed by atoms with Crippen LogP contribution in [0, 0.1) is 0 Å². The Hall–Kier alpha value is -2.83. The lowest BCUT2D eigenvalue weighted by Gasteiger charge is -2.21. The lowest BCUT2D eigenvalue weighted by atomic mass is 10.0. The lowest BCUT2D eigenvalue weighted by Crippen LogP contribution is -2.37. The van der Waals surface area contributed by atoms with Crippen LogP contribution in [0.3, 0.4) is 0 Å². The van der Waals surface area contributed by atoms with Crippen molar-refractivity contribution in [2.45, 2.75) is 4.90 Å². The molecule has 11 heteroatoms. The summed E-state index contributed by atoms with van der Waals surface area (Å²) in [7, 11) is -3.83. The molecule has 0 spiro atoms. The lowest BCUT2D eigenvalue weighted by molar-refractivity contribution is 0.163. The molecular formula is C20H22N4O6S. The Kier molecular flexibility index (Phi) is 6.03. The van der Waals surface area contributed by atoms with Gasteiger partial charge in [-0.05, 0) is 30.3 Å². The van der Waals surface area contributed by atoms with Crippen LogP contribution >= 0.6 is 0 Å². The summed E-state index contributed by atoms with van der Waals surface area (Å²) < 4.78 is 34.0. The van der Waals surface area contributed by atoms with Gasteiger partial charge in [-0.1, -0.05) is 6.07 Å². The highest BCUT2D eigenvalue weighted by molar-refractivity contribution is 7.89. The van der Waals surface area contributed by atoms with Gasteiger partial charge in [-0.2, -0.15) is 5.10 Å². The second kappa shape index (κ2) is 8.73. The van der Waals surface area contributed by atoms with Crippen LogP contribution in [-0.4, -0.2) is 73.1 Å². The topological polar surface area (TPSA) is 145 Å². The van der Waals surface area contributed by atoms with Crippen molar-refractivity contribution in [1.82, 2.24) is 19.8 Å². The summed E-state index contributed by atoms with van der Waals surface area (Å²) in [6, 6.07) is 9.56. The summed E-state index contributed by atoms with van der Waals surface area (Å²) in [4.78, 5) is 13.9. The quantitative estimate of drug-likeness (QED) is 0.287. The molecule has 1 aliphatic rings. The maximum atomic E-state index is 12.8. The van der Waals surface area contributed by atoms with Crippen molar-refractivity contribution in [3.05, 3.63) is 46.8 Å². The highest BCUT2D eigenvalue weighted by Gasteiger charge is 2.25. The van der Waals surface area contributed by atoms with E-state index in [1.54, 1.807) is 29.2 Å². The fraction of sp³-hybridized carbons (Fsp3) is 0.300. The monoisotopic (exact) mass is 446 g/mol. The van der Waals surface area contributed by atoms with Crippen LogP contribution in [0.25, 0.3) is 22.0 Å². The molecule has 0 bridgehead atoms. The molecule has 2 aromatic carbocycles. The van der Waals surface area contributed by atoms with Gasteiger partial charge < -0.3 is 14.9 Å². The van der Waals surface area contributed by atoms with Gasteiger partial charge in [0.05, 0.1) is 28.9 Å². The van der Waals surface area contributed by atoms with Gasteiger partial charge in [0.2, 0.25) is 10.0 Å². The number of H-pyrrole nitrogens is 1. The largest absolute Gasteiger partial charge is 0.456 e. The second-order valence-electron chi connectivity index (χ2n) is 7.03. The number of aromatic nitrogens is 2. The SMILES string of the molecule is O=c1[nH]nc2c3c(cccc13)Oc1ccc(S(=O)(=O)NCCN(CCO)CCO)cc1-2. The average molecular weight is 446 g/mol. The number of aliphatic hydroxyl groups excluding tert-OH is 2. The molecule has 2 heterocycles. The first-order chi connectivity index (χ1) is 14.9. The third kappa shape index (κ3) is 4.18. The summed E-state index contributed by atoms with van der Waals surface area (Å²) in [5, 5.41) is 25.7. The smallest absolute Gasteiger partial charge is 0.272 e. The Morgan fingerprint density at radius 2 is 1.84 bits per heavy atom. The van der Waals surface area contributed by atoms with E-state index >= 15 is 0 Å². The molecule has 31 heavy (non-hydrogen) atoms. The Morgan fingerprint density at radius 1 is 1.06 bits per heavy atom. The Labute approximate surface area is 178 Å². The molecule has 0 aliphatic carbocycles. The van der Waals surface area contributed by atoms with Gasteiger partial charge >= 0.3 is 0 Å². The molecule has 10 nitrogen and oxygen atoms in total. The number of aromatic amines is 1. The summed E-state index contributed by atoms with van der Waals surface area (Å²) in [5.74, 6) is 0.927. The maximum Gasteiger partial charge on any atom is 0.272 e. The molecule has 0 radical (unpaired) electrons. The number of rotatable bonds is 9. The van der Waals surface area contributed by atoms with E-state index in [2.05, 4.69) is 14.9 Å². The highest BCUT2D eigenvalue weighted by atomic mass is 32.2. The van der Waals surface area contributed by atoms with Gasteiger partial charge in [0.25, 0.3) is 5.56 Å².